The Hall–Kier alpha value is 0.320. The number of halogens is 2. The van der Waals surface area contributed by atoms with E-state index in [9.17, 15) is 12.8 Å². The Kier molecular flexibility index (Phi) is 6.89. The van der Waals surface area contributed by atoms with Crippen LogP contribution in [0.1, 0.15) is 26.2 Å². The third-order valence-corrected chi connectivity index (χ3v) is 4.71. The van der Waals surface area contributed by atoms with E-state index in [0.717, 1.165) is 22.6 Å². The van der Waals surface area contributed by atoms with E-state index in [-0.39, 0.29) is 0 Å². The van der Waals surface area contributed by atoms with Gasteiger partial charge < -0.3 is 0 Å². The number of unbranched alkanes of at least 4 members (excludes halogenated alkanes) is 2. The molecule has 0 unspecified atom stereocenters. The molecule has 3 nitrogen and oxygen atoms in total. The maximum absolute atomic E-state index is 11.8. The molecule has 0 saturated carbocycles. The molecule has 0 fully saturated rings. The molecule has 0 spiro atoms. The van der Waals surface area contributed by atoms with E-state index < -0.39 is 22.5 Å². The molecule has 0 radical (unpaired) electrons. The van der Waals surface area contributed by atoms with Gasteiger partial charge in [0.15, 0.2) is 0 Å². The van der Waals surface area contributed by atoms with Crippen LogP contribution in [0.2, 0.25) is 0 Å². The van der Waals surface area contributed by atoms with Gasteiger partial charge in [-0.15, -0.1) is 3.33 Å². The summed E-state index contributed by atoms with van der Waals surface area (Å²) in [7, 11) is -3.42. The highest BCUT2D eigenvalue weighted by Crippen LogP contribution is 2.10. The first-order valence-electron chi connectivity index (χ1n) is 4.26. The van der Waals surface area contributed by atoms with Gasteiger partial charge in [-0.05, 0) is 6.42 Å². The van der Waals surface area contributed by atoms with Crippen LogP contribution < -0.4 is 0 Å². The zero-order chi connectivity index (χ0) is 10.3. The van der Waals surface area contributed by atoms with Crippen molar-refractivity contribution in [2.75, 3.05) is 19.0 Å². The quantitative estimate of drug-likeness (QED) is 0.527. The zero-order valence-corrected chi connectivity index (χ0v) is 10.1. The predicted octanol–water partition coefficient (Wildman–Crippen LogP) is 2.09. The predicted molar refractivity (Wildman–Crippen MR) is 54.9 cm³/mol. The van der Waals surface area contributed by atoms with Gasteiger partial charge in [0.1, 0.15) is 6.67 Å². The highest BCUT2D eigenvalue weighted by Gasteiger charge is 2.18. The SMILES string of the molecule is CCCCCN(Br)S(=O)(=O)CCF. The number of nitrogens with zero attached hydrogens (tertiary/aromatic N) is 1. The van der Waals surface area contributed by atoms with Crippen LogP contribution >= 0.6 is 16.1 Å². The zero-order valence-electron chi connectivity index (χ0n) is 7.67. The third kappa shape index (κ3) is 5.59. The monoisotopic (exact) mass is 275 g/mol. The number of hydrogen-bond donors (Lipinski definition) is 0. The summed E-state index contributed by atoms with van der Waals surface area (Å²) in [4.78, 5) is 0. The summed E-state index contributed by atoms with van der Waals surface area (Å²) in [5.74, 6) is -0.440. The Bertz CT molecular complexity index is 221. The van der Waals surface area contributed by atoms with Crippen LogP contribution in [0, 0.1) is 0 Å². The van der Waals surface area contributed by atoms with Crippen LogP contribution in [-0.2, 0) is 10.0 Å². The summed E-state index contributed by atoms with van der Waals surface area (Å²) in [5.41, 5.74) is 0. The van der Waals surface area contributed by atoms with Gasteiger partial charge in [0.25, 0.3) is 0 Å². The second-order valence-corrected chi connectivity index (χ2v) is 6.06. The van der Waals surface area contributed by atoms with E-state index in [2.05, 4.69) is 16.1 Å². The van der Waals surface area contributed by atoms with Gasteiger partial charge in [-0.2, -0.15) is 0 Å². The van der Waals surface area contributed by atoms with Crippen molar-refractivity contribution in [3.63, 3.8) is 0 Å². The normalized spacial score (nSPS) is 12.3. The van der Waals surface area contributed by atoms with E-state index in [1.54, 1.807) is 0 Å². The van der Waals surface area contributed by atoms with Gasteiger partial charge in [-0.1, -0.05) is 19.8 Å². The molecule has 0 rings (SSSR count). The first-order valence-corrected chi connectivity index (χ1v) is 6.58. The smallest absolute Gasteiger partial charge is 0.226 e. The van der Waals surface area contributed by atoms with E-state index in [0.29, 0.717) is 6.54 Å². The Balaban J connectivity index is 3.87. The summed E-state index contributed by atoms with van der Waals surface area (Å²) >= 11 is 2.91. The van der Waals surface area contributed by atoms with Gasteiger partial charge in [0.05, 0.1) is 5.75 Å². The topological polar surface area (TPSA) is 37.4 Å². The van der Waals surface area contributed by atoms with Crippen LogP contribution in [0.3, 0.4) is 0 Å². The molecular formula is C7H15BrFNO2S. The molecule has 0 aromatic carbocycles. The summed E-state index contributed by atoms with van der Waals surface area (Å²) in [6.45, 7) is 1.61. The summed E-state index contributed by atoms with van der Waals surface area (Å²) in [6, 6.07) is 0. The Morgan fingerprint density at radius 1 is 1.38 bits per heavy atom. The Morgan fingerprint density at radius 2 is 2.00 bits per heavy atom. The van der Waals surface area contributed by atoms with Crippen molar-refractivity contribution in [1.29, 1.82) is 0 Å². The first-order chi connectivity index (χ1) is 6.04. The fourth-order valence-electron chi connectivity index (χ4n) is 0.822. The number of alkyl halides is 1. The maximum atomic E-state index is 11.8. The van der Waals surface area contributed by atoms with Crippen LogP contribution in [0.5, 0.6) is 0 Å². The maximum Gasteiger partial charge on any atom is 0.226 e. The second kappa shape index (κ2) is 6.73. The molecule has 6 heteroatoms. The van der Waals surface area contributed by atoms with Crippen molar-refractivity contribution >= 4 is 26.2 Å². The van der Waals surface area contributed by atoms with Gasteiger partial charge >= 0.3 is 0 Å². The minimum absolute atomic E-state index is 0.413. The first kappa shape index (κ1) is 13.3. The lowest BCUT2D eigenvalue weighted by atomic mass is 10.3. The van der Waals surface area contributed by atoms with Crippen LogP contribution in [-0.4, -0.2) is 30.7 Å². The molecular weight excluding hydrogens is 261 g/mol. The highest BCUT2D eigenvalue weighted by molar-refractivity contribution is 9.08. The molecule has 0 aliphatic heterocycles. The Morgan fingerprint density at radius 3 is 2.46 bits per heavy atom. The largest absolute Gasteiger partial charge is 0.250 e. The fraction of sp³-hybridized carbons (Fsp3) is 1.00. The minimum atomic E-state index is -3.42. The standard InChI is InChI=1S/C7H15BrFNO2S/c1-2-3-4-6-10(8)13(11,12)7-5-9/h2-7H2,1H3. The van der Waals surface area contributed by atoms with Crippen LogP contribution in [0.4, 0.5) is 4.39 Å². The van der Waals surface area contributed by atoms with Crippen molar-refractivity contribution < 1.29 is 12.8 Å². The molecule has 13 heavy (non-hydrogen) atoms. The lowest BCUT2D eigenvalue weighted by Gasteiger charge is -2.12. The molecule has 0 saturated heterocycles. The van der Waals surface area contributed by atoms with Crippen LogP contribution in [0.25, 0.3) is 0 Å². The summed E-state index contributed by atoms with van der Waals surface area (Å²) < 4.78 is 35.2. The van der Waals surface area contributed by atoms with Gasteiger partial charge in [-0.25, -0.2) is 12.8 Å². The number of sulfonamides is 1. The molecule has 0 aromatic rings. The summed E-state index contributed by atoms with van der Waals surface area (Å²) in [5, 5.41) is 0. The molecule has 0 aliphatic rings. The van der Waals surface area contributed by atoms with Crippen molar-refractivity contribution in [2.45, 2.75) is 26.2 Å². The van der Waals surface area contributed by atoms with Crippen molar-refractivity contribution in [3.8, 4) is 0 Å². The van der Waals surface area contributed by atoms with Crippen LogP contribution in [0.15, 0.2) is 0 Å². The number of hydrogen-bond acceptors (Lipinski definition) is 2. The fourth-order valence-corrected chi connectivity index (χ4v) is 2.31. The number of rotatable bonds is 7. The van der Waals surface area contributed by atoms with E-state index in [1.807, 2.05) is 6.92 Å². The molecule has 0 heterocycles. The van der Waals surface area contributed by atoms with Gasteiger partial charge in [0, 0.05) is 22.7 Å². The van der Waals surface area contributed by atoms with E-state index in [4.69, 9.17) is 0 Å². The lowest BCUT2D eigenvalue weighted by molar-refractivity contribution is 0.496. The summed E-state index contributed by atoms with van der Waals surface area (Å²) in [6.07, 6.45) is 2.81. The highest BCUT2D eigenvalue weighted by atomic mass is 79.9. The Labute approximate surface area is 87.7 Å². The van der Waals surface area contributed by atoms with E-state index in [1.165, 1.54) is 0 Å². The molecule has 80 valence electrons. The van der Waals surface area contributed by atoms with Gasteiger partial charge in [0.2, 0.25) is 10.0 Å². The van der Waals surface area contributed by atoms with Gasteiger partial charge in [-0.3, -0.25) is 0 Å². The molecule has 0 N–H and O–H groups in total. The second-order valence-electron chi connectivity index (χ2n) is 2.72. The molecule has 0 aromatic heterocycles. The molecule has 0 amide bonds. The van der Waals surface area contributed by atoms with Crippen molar-refractivity contribution in [1.82, 2.24) is 3.33 Å². The van der Waals surface area contributed by atoms with E-state index >= 15 is 0 Å². The third-order valence-electron chi connectivity index (χ3n) is 1.57. The molecule has 0 aliphatic carbocycles. The minimum Gasteiger partial charge on any atom is -0.250 e. The average Bonchev–Trinajstić information content (AvgIpc) is 2.04. The molecule has 0 bridgehead atoms. The van der Waals surface area contributed by atoms with Crippen molar-refractivity contribution in [3.05, 3.63) is 0 Å². The molecule has 0 atom stereocenters. The lowest BCUT2D eigenvalue weighted by Crippen LogP contribution is -2.25. The van der Waals surface area contributed by atoms with Crippen molar-refractivity contribution in [2.24, 2.45) is 0 Å². The average molecular weight is 276 g/mol.